The molecule has 0 atom stereocenters. The molecule has 0 saturated heterocycles. The molecule has 0 aliphatic rings. The molecule has 0 spiro atoms. The van der Waals surface area contributed by atoms with Crippen molar-refractivity contribution in [2.24, 2.45) is 0 Å². The lowest BCUT2D eigenvalue weighted by Gasteiger charge is -2.08. The number of rotatable bonds is 32. The summed E-state index contributed by atoms with van der Waals surface area (Å²) in [5.41, 5.74) is 15.4. The van der Waals surface area contributed by atoms with Crippen molar-refractivity contribution >= 4 is 11.4 Å². The Balaban J connectivity index is 1.57. The average Bonchev–Trinajstić information content (AvgIpc) is 3.10. The van der Waals surface area contributed by atoms with E-state index in [1.807, 2.05) is 36.4 Å². The molecule has 4 heteroatoms. The van der Waals surface area contributed by atoms with Gasteiger partial charge in [0, 0.05) is 34.6 Å². The van der Waals surface area contributed by atoms with Gasteiger partial charge in [-0.1, -0.05) is 193 Å². The molecular weight excluding hydrogens is 613 g/mol. The Morgan fingerprint density at radius 3 is 0.900 bits per heavy atom. The van der Waals surface area contributed by atoms with Crippen LogP contribution >= 0.6 is 0 Å². The lowest BCUT2D eigenvalue weighted by Crippen LogP contribution is -1.99. The number of hydrogen-bond donors (Lipinski definition) is 2. The van der Waals surface area contributed by atoms with Crippen molar-refractivity contribution in [1.82, 2.24) is 0 Å². The van der Waals surface area contributed by atoms with Crippen molar-refractivity contribution < 1.29 is 9.47 Å². The van der Waals surface area contributed by atoms with Gasteiger partial charge >= 0.3 is 0 Å². The topological polar surface area (TPSA) is 70.5 Å². The summed E-state index contributed by atoms with van der Waals surface area (Å²) in [6.45, 7) is 6.00. The van der Waals surface area contributed by atoms with Gasteiger partial charge in [-0.3, -0.25) is 0 Å². The standard InChI is InChI=1S/C46H76N2O2/c1-3-5-7-9-11-13-15-17-19-21-23-25-27-29-33-49-45-37-41(35-43(47)39-45)31-32-42-36-44(48)40-46(38-42)50-34-30-28-26-24-22-20-18-16-14-12-10-8-6-4-2/h35-40H,3-30,33-34,47-48H2,1-2H3. The first-order valence-electron chi connectivity index (χ1n) is 21.2. The van der Waals surface area contributed by atoms with Gasteiger partial charge in [0.05, 0.1) is 13.2 Å². The Morgan fingerprint density at radius 1 is 0.360 bits per heavy atom. The van der Waals surface area contributed by atoms with E-state index in [-0.39, 0.29) is 0 Å². The molecule has 0 unspecified atom stereocenters. The smallest absolute Gasteiger partial charge is 0.122 e. The van der Waals surface area contributed by atoms with Crippen molar-refractivity contribution in [3.05, 3.63) is 47.5 Å². The molecule has 282 valence electrons. The first-order chi connectivity index (χ1) is 24.6. The largest absolute Gasteiger partial charge is 0.493 e. The number of hydrogen-bond acceptors (Lipinski definition) is 4. The van der Waals surface area contributed by atoms with Crippen LogP contribution in [0.15, 0.2) is 36.4 Å². The van der Waals surface area contributed by atoms with Crippen LogP contribution in [0.25, 0.3) is 0 Å². The fourth-order valence-corrected chi connectivity index (χ4v) is 6.67. The van der Waals surface area contributed by atoms with E-state index in [1.165, 1.54) is 167 Å². The van der Waals surface area contributed by atoms with Crippen molar-refractivity contribution in [1.29, 1.82) is 0 Å². The maximum Gasteiger partial charge on any atom is 0.122 e. The molecule has 4 nitrogen and oxygen atoms in total. The molecule has 0 aromatic heterocycles. The fourth-order valence-electron chi connectivity index (χ4n) is 6.67. The third kappa shape index (κ3) is 24.4. The van der Waals surface area contributed by atoms with E-state index >= 15 is 0 Å². The number of unbranched alkanes of at least 4 members (excludes halogenated alkanes) is 26. The number of nitrogen functional groups attached to an aromatic ring is 2. The Kier molecular flexibility index (Phi) is 26.9. The summed E-state index contributed by atoms with van der Waals surface area (Å²) < 4.78 is 12.1. The van der Waals surface area contributed by atoms with Crippen LogP contribution in [0.1, 0.15) is 205 Å². The monoisotopic (exact) mass is 689 g/mol. The number of anilines is 2. The quantitative estimate of drug-likeness (QED) is 0.0456. The van der Waals surface area contributed by atoms with E-state index in [2.05, 4.69) is 25.7 Å². The first-order valence-corrected chi connectivity index (χ1v) is 21.2. The highest BCUT2D eigenvalue weighted by Crippen LogP contribution is 2.22. The van der Waals surface area contributed by atoms with Gasteiger partial charge in [0.25, 0.3) is 0 Å². The first kappa shape index (κ1) is 43.4. The number of benzene rings is 2. The molecule has 0 heterocycles. The summed E-state index contributed by atoms with van der Waals surface area (Å²) in [5.74, 6) is 8.07. The highest BCUT2D eigenvalue weighted by Gasteiger charge is 2.02. The molecule has 2 rings (SSSR count). The molecule has 0 aliphatic heterocycles. The molecule has 0 radical (unpaired) electrons. The highest BCUT2D eigenvalue weighted by molar-refractivity contribution is 5.57. The lowest BCUT2D eigenvalue weighted by atomic mass is 10.0. The van der Waals surface area contributed by atoms with Crippen LogP contribution in [0.4, 0.5) is 11.4 Å². The molecule has 50 heavy (non-hydrogen) atoms. The van der Waals surface area contributed by atoms with Gasteiger partial charge in [0.1, 0.15) is 11.5 Å². The van der Waals surface area contributed by atoms with E-state index < -0.39 is 0 Å². The van der Waals surface area contributed by atoms with E-state index in [9.17, 15) is 0 Å². The molecule has 0 fully saturated rings. The van der Waals surface area contributed by atoms with Gasteiger partial charge < -0.3 is 20.9 Å². The Bertz CT molecular complexity index is 1060. The SMILES string of the molecule is CCCCCCCCCCCCCCCCOc1cc(N)cc(C#Cc2cc(N)cc(OCCCCCCCCCCCCCCCC)c2)c1. The van der Waals surface area contributed by atoms with Crippen LogP contribution in [0.2, 0.25) is 0 Å². The van der Waals surface area contributed by atoms with Crippen LogP contribution in [-0.4, -0.2) is 13.2 Å². The molecule has 2 aromatic carbocycles. The van der Waals surface area contributed by atoms with Gasteiger partial charge in [-0.05, 0) is 37.1 Å². The zero-order valence-corrected chi connectivity index (χ0v) is 32.6. The zero-order valence-electron chi connectivity index (χ0n) is 32.6. The van der Waals surface area contributed by atoms with Crippen molar-refractivity contribution in [3.8, 4) is 23.3 Å². The molecule has 0 saturated carbocycles. The van der Waals surface area contributed by atoms with Crippen LogP contribution < -0.4 is 20.9 Å². The maximum atomic E-state index is 6.19. The van der Waals surface area contributed by atoms with Gasteiger partial charge in [-0.15, -0.1) is 0 Å². The second kappa shape index (κ2) is 31.0. The molecule has 0 bridgehead atoms. The molecular formula is C46H76N2O2. The maximum absolute atomic E-state index is 6.19. The summed E-state index contributed by atoms with van der Waals surface area (Å²) in [6, 6.07) is 11.5. The van der Waals surface area contributed by atoms with Gasteiger partial charge in [0.15, 0.2) is 0 Å². The lowest BCUT2D eigenvalue weighted by molar-refractivity contribution is 0.304. The minimum absolute atomic E-state index is 0.664. The van der Waals surface area contributed by atoms with Crippen molar-refractivity contribution in [3.63, 3.8) is 0 Å². The van der Waals surface area contributed by atoms with Gasteiger partial charge in [0.2, 0.25) is 0 Å². The van der Waals surface area contributed by atoms with E-state index in [0.717, 1.165) is 35.5 Å². The van der Waals surface area contributed by atoms with Crippen LogP contribution in [0, 0.1) is 11.8 Å². The second-order valence-corrected chi connectivity index (χ2v) is 14.7. The normalized spacial score (nSPS) is 11.0. The van der Waals surface area contributed by atoms with Crippen molar-refractivity contribution in [2.75, 3.05) is 24.7 Å². The molecule has 0 aliphatic carbocycles. The third-order valence-electron chi connectivity index (χ3n) is 9.74. The second-order valence-electron chi connectivity index (χ2n) is 14.7. The predicted molar refractivity (Wildman–Crippen MR) is 219 cm³/mol. The van der Waals surface area contributed by atoms with Gasteiger partial charge in [-0.2, -0.15) is 0 Å². The Labute approximate surface area is 309 Å². The summed E-state index contributed by atoms with van der Waals surface area (Å²) in [5, 5.41) is 0. The molecule has 0 amide bonds. The summed E-state index contributed by atoms with van der Waals surface area (Å²) in [4.78, 5) is 0. The van der Waals surface area contributed by atoms with Crippen LogP contribution in [0.3, 0.4) is 0 Å². The predicted octanol–water partition coefficient (Wildman–Crippen LogP) is 14.0. The Morgan fingerprint density at radius 2 is 0.620 bits per heavy atom. The van der Waals surface area contributed by atoms with Crippen molar-refractivity contribution in [2.45, 2.75) is 194 Å². The average molecular weight is 689 g/mol. The molecule has 4 N–H and O–H groups in total. The van der Waals surface area contributed by atoms with Crippen LogP contribution in [0.5, 0.6) is 11.5 Å². The molecule has 2 aromatic rings. The van der Waals surface area contributed by atoms with Gasteiger partial charge in [-0.25, -0.2) is 0 Å². The summed E-state index contributed by atoms with van der Waals surface area (Å²) in [6.07, 6.45) is 37.9. The highest BCUT2D eigenvalue weighted by atomic mass is 16.5. The van der Waals surface area contributed by atoms with E-state index in [1.54, 1.807) is 0 Å². The number of nitrogens with two attached hydrogens (primary N) is 2. The summed E-state index contributed by atoms with van der Waals surface area (Å²) >= 11 is 0. The third-order valence-corrected chi connectivity index (χ3v) is 9.74. The van der Waals surface area contributed by atoms with Crippen LogP contribution in [-0.2, 0) is 0 Å². The Hall–Kier alpha value is -2.80. The number of ether oxygens (including phenoxy) is 2. The fraction of sp³-hybridized carbons (Fsp3) is 0.696. The van der Waals surface area contributed by atoms with E-state index in [0.29, 0.717) is 24.6 Å². The minimum atomic E-state index is 0.664. The zero-order chi connectivity index (χ0) is 35.7. The summed E-state index contributed by atoms with van der Waals surface area (Å²) in [7, 11) is 0. The minimum Gasteiger partial charge on any atom is -0.493 e. The van der Waals surface area contributed by atoms with E-state index in [4.69, 9.17) is 20.9 Å².